The predicted octanol–water partition coefficient (Wildman–Crippen LogP) is 4.29. The first-order valence-electron chi connectivity index (χ1n) is 8.14. The van der Waals surface area contributed by atoms with E-state index >= 15 is 0 Å². The zero-order chi connectivity index (χ0) is 16.2. The van der Waals surface area contributed by atoms with Crippen LogP contribution < -0.4 is 5.46 Å². The van der Waals surface area contributed by atoms with Crippen LogP contribution in [0.3, 0.4) is 0 Å². The Bertz CT molecular complexity index is 882. The molecular weight excluding hydrogens is 283 g/mol. The summed E-state index contributed by atoms with van der Waals surface area (Å²) in [6.07, 6.45) is 0. The van der Waals surface area contributed by atoms with E-state index in [2.05, 4.69) is 82.3 Å². The summed E-state index contributed by atoms with van der Waals surface area (Å²) in [5.41, 5.74) is 0.458. The fourth-order valence-electron chi connectivity index (χ4n) is 3.17. The Hall–Kier alpha value is -1.84. The molecule has 3 aromatic carbocycles. The van der Waals surface area contributed by atoms with Crippen molar-refractivity contribution in [1.29, 1.82) is 0 Å². The summed E-state index contributed by atoms with van der Waals surface area (Å²) in [5.74, 6) is 0. The molecule has 1 heterocycles. The molecule has 0 spiro atoms. The van der Waals surface area contributed by atoms with Gasteiger partial charge in [0.1, 0.15) is 0 Å². The minimum Gasteiger partial charge on any atom is -0.399 e. The molecule has 3 aromatic rings. The van der Waals surface area contributed by atoms with Gasteiger partial charge in [-0.1, -0.05) is 42.5 Å². The largest absolute Gasteiger partial charge is 0.495 e. The van der Waals surface area contributed by atoms with Crippen LogP contribution in [0.15, 0.2) is 54.6 Å². The van der Waals surface area contributed by atoms with E-state index in [1.54, 1.807) is 0 Å². The van der Waals surface area contributed by atoms with Crippen molar-refractivity contribution < 1.29 is 9.31 Å². The fourth-order valence-corrected chi connectivity index (χ4v) is 3.17. The maximum atomic E-state index is 6.25. The summed E-state index contributed by atoms with van der Waals surface area (Å²) in [5, 5.41) is 4.91. The summed E-state index contributed by atoms with van der Waals surface area (Å²) >= 11 is 0. The lowest BCUT2D eigenvalue weighted by atomic mass is 9.76. The van der Waals surface area contributed by atoms with Crippen molar-refractivity contribution in [2.45, 2.75) is 38.9 Å². The van der Waals surface area contributed by atoms with Gasteiger partial charge in [-0.2, -0.15) is 0 Å². The average Bonchev–Trinajstić information content (AvgIpc) is 2.72. The van der Waals surface area contributed by atoms with Gasteiger partial charge in [0.25, 0.3) is 0 Å². The van der Waals surface area contributed by atoms with Crippen LogP contribution in [0.25, 0.3) is 21.5 Å². The molecule has 1 aliphatic heterocycles. The second-order valence-electron chi connectivity index (χ2n) is 7.36. The molecule has 3 heteroatoms. The number of fused-ring (bicyclic) bond motifs is 2. The molecule has 1 saturated heterocycles. The zero-order valence-corrected chi connectivity index (χ0v) is 14.1. The Labute approximate surface area is 137 Å². The van der Waals surface area contributed by atoms with Gasteiger partial charge < -0.3 is 9.31 Å². The highest BCUT2D eigenvalue weighted by Crippen LogP contribution is 2.37. The third-order valence-electron chi connectivity index (χ3n) is 5.29. The Kier molecular flexibility index (Phi) is 3.09. The van der Waals surface area contributed by atoms with Gasteiger partial charge in [0.2, 0.25) is 0 Å². The maximum absolute atomic E-state index is 6.25. The standard InChI is InChI=1S/C20H21BO2/c1-19(2)20(3,4)23-21(22-19)18-11-7-10-16-12-14-8-5-6-9-15(14)13-17(16)18/h5-13H,1-4H3. The quantitative estimate of drug-likeness (QED) is 0.493. The van der Waals surface area contributed by atoms with Crippen LogP contribution in [0, 0.1) is 0 Å². The van der Waals surface area contributed by atoms with Crippen LogP contribution in [0.4, 0.5) is 0 Å². The third kappa shape index (κ3) is 2.27. The highest BCUT2D eigenvalue weighted by Gasteiger charge is 2.52. The van der Waals surface area contributed by atoms with Crippen LogP contribution >= 0.6 is 0 Å². The Morgan fingerprint density at radius 3 is 1.91 bits per heavy atom. The first-order valence-corrected chi connectivity index (χ1v) is 8.14. The number of hydrogen-bond acceptors (Lipinski definition) is 2. The molecule has 23 heavy (non-hydrogen) atoms. The molecule has 0 amide bonds. The molecule has 0 saturated carbocycles. The highest BCUT2D eigenvalue weighted by molar-refractivity contribution is 6.65. The van der Waals surface area contributed by atoms with E-state index in [4.69, 9.17) is 9.31 Å². The minimum atomic E-state index is -0.329. The second-order valence-corrected chi connectivity index (χ2v) is 7.36. The third-order valence-corrected chi connectivity index (χ3v) is 5.29. The SMILES string of the molecule is CC1(C)OB(c2cccc3cc4ccccc4cc23)OC1(C)C. The number of rotatable bonds is 1. The predicted molar refractivity (Wildman–Crippen MR) is 97.2 cm³/mol. The maximum Gasteiger partial charge on any atom is 0.495 e. The average molecular weight is 304 g/mol. The lowest BCUT2D eigenvalue weighted by molar-refractivity contribution is 0.00578. The molecule has 0 unspecified atom stereocenters. The van der Waals surface area contributed by atoms with Gasteiger partial charge in [-0.15, -0.1) is 0 Å². The highest BCUT2D eigenvalue weighted by atomic mass is 16.7. The zero-order valence-electron chi connectivity index (χ0n) is 14.1. The Morgan fingerprint density at radius 2 is 1.26 bits per heavy atom. The molecule has 0 atom stereocenters. The molecule has 2 nitrogen and oxygen atoms in total. The molecule has 0 aliphatic carbocycles. The van der Waals surface area contributed by atoms with Crippen molar-refractivity contribution >= 4 is 34.1 Å². The first-order chi connectivity index (χ1) is 10.9. The Morgan fingerprint density at radius 1 is 0.696 bits per heavy atom. The first kappa shape index (κ1) is 14.7. The van der Waals surface area contributed by atoms with E-state index in [0.29, 0.717) is 0 Å². The van der Waals surface area contributed by atoms with Crippen LogP contribution in [0.1, 0.15) is 27.7 Å². The molecular formula is C20H21BO2. The van der Waals surface area contributed by atoms with E-state index < -0.39 is 0 Å². The number of hydrogen-bond donors (Lipinski definition) is 0. The van der Waals surface area contributed by atoms with Crippen LogP contribution in [-0.2, 0) is 9.31 Å². The van der Waals surface area contributed by atoms with E-state index in [1.165, 1.54) is 21.5 Å². The summed E-state index contributed by atoms with van der Waals surface area (Å²) < 4.78 is 12.5. The van der Waals surface area contributed by atoms with Gasteiger partial charge >= 0.3 is 7.12 Å². The van der Waals surface area contributed by atoms with Crippen LogP contribution in [0.2, 0.25) is 0 Å². The van der Waals surface area contributed by atoms with Gasteiger partial charge in [0.05, 0.1) is 11.2 Å². The summed E-state index contributed by atoms with van der Waals surface area (Å²) in [6, 6.07) is 19.3. The summed E-state index contributed by atoms with van der Waals surface area (Å²) in [4.78, 5) is 0. The van der Waals surface area contributed by atoms with E-state index in [0.717, 1.165) is 5.46 Å². The topological polar surface area (TPSA) is 18.5 Å². The molecule has 0 aromatic heterocycles. The van der Waals surface area contributed by atoms with Gasteiger partial charge in [-0.25, -0.2) is 0 Å². The molecule has 0 radical (unpaired) electrons. The fraction of sp³-hybridized carbons (Fsp3) is 0.300. The van der Waals surface area contributed by atoms with Gasteiger partial charge in [0.15, 0.2) is 0 Å². The molecule has 4 rings (SSSR count). The molecule has 0 bridgehead atoms. The monoisotopic (exact) mass is 304 g/mol. The van der Waals surface area contributed by atoms with Crippen LogP contribution in [-0.4, -0.2) is 18.3 Å². The number of benzene rings is 3. The summed E-state index contributed by atoms with van der Waals surface area (Å²) in [7, 11) is -0.329. The molecule has 1 fully saturated rings. The van der Waals surface area contributed by atoms with Crippen molar-refractivity contribution in [3.8, 4) is 0 Å². The van der Waals surface area contributed by atoms with E-state index in [9.17, 15) is 0 Å². The normalized spacial score (nSPS) is 19.6. The van der Waals surface area contributed by atoms with Gasteiger partial charge in [-0.05, 0) is 66.8 Å². The second kappa shape index (κ2) is 4.83. The van der Waals surface area contributed by atoms with E-state index in [-0.39, 0.29) is 18.3 Å². The van der Waals surface area contributed by atoms with E-state index in [1.807, 2.05) is 0 Å². The van der Waals surface area contributed by atoms with Gasteiger partial charge in [-0.3, -0.25) is 0 Å². The van der Waals surface area contributed by atoms with Crippen molar-refractivity contribution in [2.75, 3.05) is 0 Å². The summed E-state index contributed by atoms with van der Waals surface area (Å²) in [6.45, 7) is 8.36. The van der Waals surface area contributed by atoms with Crippen LogP contribution in [0.5, 0.6) is 0 Å². The molecule has 116 valence electrons. The minimum absolute atomic E-state index is 0.323. The lowest BCUT2D eigenvalue weighted by Gasteiger charge is -2.32. The van der Waals surface area contributed by atoms with Crippen molar-refractivity contribution in [2.24, 2.45) is 0 Å². The molecule has 0 N–H and O–H groups in total. The molecule has 1 aliphatic rings. The van der Waals surface area contributed by atoms with Crippen molar-refractivity contribution in [3.63, 3.8) is 0 Å². The smallest absolute Gasteiger partial charge is 0.399 e. The Balaban J connectivity index is 1.89. The van der Waals surface area contributed by atoms with Crippen molar-refractivity contribution in [3.05, 3.63) is 54.6 Å². The lowest BCUT2D eigenvalue weighted by Crippen LogP contribution is -2.41. The van der Waals surface area contributed by atoms with Gasteiger partial charge in [0, 0.05) is 0 Å². The van der Waals surface area contributed by atoms with Crippen molar-refractivity contribution in [1.82, 2.24) is 0 Å².